The van der Waals surface area contributed by atoms with Gasteiger partial charge in [0, 0.05) is 5.56 Å². The van der Waals surface area contributed by atoms with Crippen LogP contribution in [0.15, 0.2) is 24.3 Å². The van der Waals surface area contributed by atoms with Gasteiger partial charge in [-0.15, -0.1) is 0 Å². The lowest BCUT2D eigenvalue weighted by atomic mass is 10.2. The number of aliphatic hydroxyl groups excluding tert-OH is 1. The minimum Gasteiger partial charge on any atom is -0.390 e. The van der Waals surface area contributed by atoms with Crippen LogP contribution in [0.3, 0.4) is 0 Å². The van der Waals surface area contributed by atoms with Gasteiger partial charge in [-0.25, -0.2) is 9.50 Å². The van der Waals surface area contributed by atoms with Crippen molar-refractivity contribution >= 4 is 27.9 Å². The summed E-state index contributed by atoms with van der Waals surface area (Å²) in [5.41, 5.74) is 2.41. The molecule has 1 N–H and O–H groups in total. The molecular weight excluding hydrogens is 270 g/mol. The fourth-order valence-corrected chi connectivity index (χ4v) is 3.10. The Labute approximate surface area is 112 Å². The number of benzene rings is 1. The average molecular weight is 280 g/mol. The number of aromatic nitrogens is 3. The van der Waals surface area contributed by atoms with Gasteiger partial charge in [0.05, 0.1) is 23.0 Å². The van der Waals surface area contributed by atoms with Crippen molar-refractivity contribution in [3.05, 3.63) is 40.7 Å². The topological polar surface area (TPSA) is 50.4 Å². The zero-order chi connectivity index (χ0) is 12.7. The second kappa shape index (κ2) is 4.35. The Kier molecular flexibility index (Phi) is 2.81. The second-order valence-corrected chi connectivity index (χ2v) is 5.25. The van der Waals surface area contributed by atoms with Gasteiger partial charge in [0.1, 0.15) is 5.01 Å². The Hall–Kier alpha value is -1.43. The number of imidazole rings is 1. The highest BCUT2D eigenvalue weighted by Crippen LogP contribution is 2.31. The van der Waals surface area contributed by atoms with Gasteiger partial charge >= 0.3 is 0 Å². The summed E-state index contributed by atoms with van der Waals surface area (Å²) in [4.78, 5) is 5.15. The molecule has 0 spiro atoms. The summed E-state index contributed by atoms with van der Waals surface area (Å²) in [6.45, 7) is 1.79. The predicted octanol–water partition coefficient (Wildman–Crippen LogP) is 2.91. The minimum atomic E-state index is -0.0707. The highest BCUT2D eigenvalue weighted by atomic mass is 35.5. The number of halogens is 1. The minimum absolute atomic E-state index is 0.0707. The highest BCUT2D eigenvalue weighted by Gasteiger charge is 2.15. The van der Waals surface area contributed by atoms with Crippen molar-refractivity contribution in [3.63, 3.8) is 0 Å². The molecule has 92 valence electrons. The fraction of sp³-hybridized carbons (Fsp3) is 0.167. The van der Waals surface area contributed by atoms with Crippen LogP contribution in [0.1, 0.15) is 11.4 Å². The van der Waals surface area contributed by atoms with E-state index in [9.17, 15) is 5.11 Å². The SMILES string of the molecule is Cc1nc2sc(-c3ccccc3Cl)nn2c1CO. The average Bonchev–Trinajstić information content (AvgIpc) is 2.86. The van der Waals surface area contributed by atoms with Crippen molar-refractivity contribution in [2.45, 2.75) is 13.5 Å². The zero-order valence-electron chi connectivity index (χ0n) is 9.59. The molecule has 0 unspecified atom stereocenters. The molecule has 0 saturated carbocycles. The molecule has 0 radical (unpaired) electrons. The van der Waals surface area contributed by atoms with E-state index >= 15 is 0 Å². The molecular formula is C12H10ClN3OS. The van der Waals surface area contributed by atoms with E-state index in [1.165, 1.54) is 11.3 Å². The largest absolute Gasteiger partial charge is 0.390 e. The lowest BCUT2D eigenvalue weighted by molar-refractivity contribution is 0.273. The summed E-state index contributed by atoms with van der Waals surface area (Å²) in [6, 6.07) is 7.56. The quantitative estimate of drug-likeness (QED) is 0.785. The van der Waals surface area contributed by atoms with Gasteiger partial charge in [0.15, 0.2) is 0 Å². The number of rotatable bonds is 2. The van der Waals surface area contributed by atoms with E-state index in [1.54, 1.807) is 4.52 Å². The van der Waals surface area contributed by atoms with Gasteiger partial charge in [-0.2, -0.15) is 5.10 Å². The predicted molar refractivity (Wildman–Crippen MR) is 72.0 cm³/mol. The summed E-state index contributed by atoms with van der Waals surface area (Å²) in [7, 11) is 0. The van der Waals surface area contributed by atoms with E-state index in [1.807, 2.05) is 31.2 Å². The number of fused-ring (bicyclic) bond motifs is 1. The number of aliphatic hydroxyl groups is 1. The third kappa shape index (κ3) is 1.71. The molecule has 2 heterocycles. The third-order valence-corrected chi connectivity index (χ3v) is 4.02. The van der Waals surface area contributed by atoms with E-state index in [2.05, 4.69) is 10.1 Å². The van der Waals surface area contributed by atoms with Gasteiger partial charge < -0.3 is 5.11 Å². The fourth-order valence-electron chi connectivity index (χ4n) is 1.82. The molecule has 1 aromatic carbocycles. The van der Waals surface area contributed by atoms with Crippen LogP contribution in [-0.4, -0.2) is 19.7 Å². The van der Waals surface area contributed by atoms with Gasteiger partial charge in [-0.05, 0) is 13.0 Å². The molecule has 4 nitrogen and oxygen atoms in total. The summed E-state index contributed by atoms with van der Waals surface area (Å²) >= 11 is 7.61. The van der Waals surface area contributed by atoms with Gasteiger partial charge in [0.2, 0.25) is 4.96 Å². The van der Waals surface area contributed by atoms with Crippen LogP contribution >= 0.6 is 22.9 Å². The van der Waals surface area contributed by atoms with E-state index in [0.29, 0.717) is 5.02 Å². The van der Waals surface area contributed by atoms with Crippen molar-refractivity contribution in [2.75, 3.05) is 0 Å². The Balaban J connectivity index is 2.20. The van der Waals surface area contributed by atoms with Crippen LogP contribution in [0.4, 0.5) is 0 Å². The smallest absolute Gasteiger partial charge is 0.213 e. The van der Waals surface area contributed by atoms with E-state index in [-0.39, 0.29) is 6.61 Å². The molecule has 2 aromatic heterocycles. The van der Waals surface area contributed by atoms with E-state index < -0.39 is 0 Å². The normalized spacial score (nSPS) is 11.3. The molecule has 0 aliphatic rings. The molecule has 6 heteroatoms. The Bertz CT molecular complexity index is 719. The van der Waals surface area contributed by atoms with Crippen LogP contribution < -0.4 is 0 Å². The second-order valence-electron chi connectivity index (χ2n) is 3.88. The lowest BCUT2D eigenvalue weighted by Crippen LogP contribution is -1.95. The maximum atomic E-state index is 9.32. The monoisotopic (exact) mass is 279 g/mol. The first-order valence-corrected chi connectivity index (χ1v) is 6.61. The molecule has 0 amide bonds. The Morgan fingerprint density at radius 3 is 2.89 bits per heavy atom. The first kappa shape index (κ1) is 11.6. The third-order valence-electron chi connectivity index (χ3n) is 2.75. The molecule has 0 atom stereocenters. The summed E-state index contributed by atoms with van der Waals surface area (Å²) < 4.78 is 1.68. The first-order chi connectivity index (χ1) is 8.70. The van der Waals surface area contributed by atoms with Crippen molar-refractivity contribution in [1.29, 1.82) is 0 Å². The zero-order valence-corrected chi connectivity index (χ0v) is 11.2. The molecule has 0 fully saturated rings. The molecule has 0 bridgehead atoms. The van der Waals surface area contributed by atoms with Crippen molar-refractivity contribution in [3.8, 4) is 10.6 Å². The number of hydrogen-bond acceptors (Lipinski definition) is 4. The molecule has 0 aliphatic carbocycles. The van der Waals surface area contributed by atoms with Gasteiger partial charge in [-0.3, -0.25) is 0 Å². The van der Waals surface area contributed by atoms with Crippen LogP contribution in [0, 0.1) is 6.92 Å². The summed E-state index contributed by atoms with van der Waals surface area (Å²) in [5, 5.41) is 15.2. The lowest BCUT2D eigenvalue weighted by Gasteiger charge is -1.98. The van der Waals surface area contributed by atoms with Gasteiger partial charge in [0.25, 0.3) is 0 Å². The maximum absolute atomic E-state index is 9.32. The Morgan fingerprint density at radius 2 is 2.17 bits per heavy atom. The number of aryl methyl sites for hydroxylation is 1. The molecule has 3 aromatic rings. The van der Waals surface area contributed by atoms with Crippen LogP contribution in [0.5, 0.6) is 0 Å². The van der Waals surface area contributed by atoms with Gasteiger partial charge in [-0.1, -0.05) is 41.1 Å². The number of hydrogen-bond donors (Lipinski definition) is 1. The van der Waals surface area contributed by atoms with E-state index in [4.69, 9.17) is 11.6 Å². The van der Waals surface area contributed by atoms with Crippen molar-refractivity contribution in [1.82, 2.24) is 14.6 Å². The summed E-state index contributed by atoms with van der Waals surface area (Å²) in [5.74, 6) is 0. The van der Waals surface area contributed by atoms with Crippen molar-refractivity contribution < 1.29 is 5.11 Å². The number of nitrogens with zero attached hydrogens (tertiary/aromatic N) is 3. The standard InChI is InChI=1S/C12H10ClN3OS/c1-7-10(6-17)16-12(14-7)18-11(15-16)8-4-2-3-5-9(8)13/h2-5,17H,6H2,1H3. The molecule has 18 heavy (non-hydrogen) atoms. The molecule has 0 aliphatic heterocycles. The molecule has 3 rings (SSSR count). The Morgan fingerprint density at radius 1 is 1.39 bits per heavy atom. The first-order valence-electron chi connectivity index (χ1n) is 5.41. The van der Waals surface area contributed by atoms with Crippen LogP contribution in [0.25, 0.3) is 15.5 Å². The highest BCUT2D eigenvalue weighted by molar-refractivity contribution is 7.19. The van der Waals surface area contributed by atoms with Crippen molar-refractivity contribution in [2.24, 2.45) is 0 Å². The van der Waals surface area contributed by atoms with Crippen LogP contribution in [0.2, 0.25) is 5.02 Å². The summed E-state index contributed by atoms with van der Waals surface area (Å²) in [6.07, 6.45) is 0. The van der Waals surface area contributed by atoms with Crippen LogP contribution in [-0.2, 0) is 6.61 Å². The molecule has 0 saturated heterocycles. The van der Waals surface area contributed by atoms with E-state index in [0.717, 1.165) is 26.9 Å². The maximum Gasteiger partial charge on any atom is 0.213 e.